The molecular formula is C16H12FN3O. The average Bonchev–Trinajstić information content (AvgIpc) is 2.90. The zero-order chi connectivity index (χ0) is 14.7. The number of hydrogen-bond acceptors (Lipinski definition) is 3. The topological polar surface area (TPSA) is 50.8 Å². The molecule has 3 aromatic rings. The second kappa shape index (κ2) is 5.63. The zero-order valence-electron chi connectivity index (χ0n) is 11.4. The number of H-pyrrole nitrogens is 1. The maximum Gasteiger partial charge on any atom is 0.142 e. The average molecular weight is 281 g/mol. The highest BCUT2D eigenvalue weighted by molar-refractivity contribution is 5.82. The van der Waals surface area contributed by atoms with Crippen molar-refractivity contribution in [2.45, 2.75) is 6.92 Å². The summed E-state index contributed by atoms with van der Waals surface area (Å²) in [7, 11) is 0. The molecule has 0 saturated heterocycles. The van der Waals surface area contributed by atoms with Gasteiger partial charge < -0.3 is 9.72 Å². The van der Waals surface area contributed by atoms with E-state index < -0.39 is 5.82 Å². The molecule has 0 aliphatic carbocycles. The molecule has 0 unspecified atom stereocenters. The van der Waals surface area contributed by atoms with Crippen molar-refractivity contribution >= 4 is 11.0 Å². The fourth-order valence-electron chi connectivity index (χ4n) is 1.99. The van der Waals surface area contributed by atoms with Crippen molar-refractivity contribution in [1.29, 1.82) is 0 Å². The van der Waals surface area contributed by atoms with E-state index in [0.717, 1.165) is 10.9 Å². The Morgan fingerprint density at radius 3 is 3.10 bits per heavy atom. The largest absolute Gasteiger partial charge is 0.492 e. The number of fused-ring (bicyclic) bond motifs is 1. The highest BCUT2D eigenvalue weighted by Gasteiger charge is 2.07. The second-order valence-corrected chi connectivity index (χ2v) is 4.28. The highest BCUT2D eigenvalue weighted by Crippen LogP contribution is 2.21. The van der Waals surface area contributed by atoms with Gasteiger partial charge in [0.15, 0.2) is 0 Å². The molecule has 2 heterocycles. The number of hydrogen-bond donors (Lipinski definition) is 1. The van der Waals surface area contributed by atoms with Crippen LogP contribution in [0.5, 0.6) is 5.75 Å². The summed E-state index contributed by atoms with van der Waals surface area (Å²) in [6.07, 6.45) is 4.86. The number of ether oxygens (including phenoxy) is 1. The Bertz CT molecular complexity index is 845. The van der Waals surface area contributed by atoms with Crippen LogP contribution in [0.25, 0.3) is 11.0 Å². The summed E-state index contributed by atoms with van der Waals surface area (Å²) < 4.78 is 19.3. The van der Waals surface area contributed by atoms with E-state index in [9.17, 15) is 4.39 Å². The monoisotopic (exact) mass is 281 g/mol. The highest BCUT2D eigenvalue weighted by atomic mass is 19.1. The lowest BCUT2D eigenvalue weighted by Crippen LogP contribution is -1.96. The lowest BCUT2D eigenvalue weighted by atomic mass is 10.1. The first-order valence-electron chi connectivity index (χ1n) is 6.50. The van der Waals surface area contributed by atoms with Crippen LogP contribution in [0.15, 0.2) is 36.9 Å². The van der Waals surface area contributed by atoms with Crippen LogP contribution in [0.4, 0.5) is 4.39 Å². The fourth-order valence-corrected chi connectivity index (χ4v) is 1.99. The molecule has 21 heavy (non-hydrogen) atoms. The molecule has 0 saturated carbocycles. The van der Waals surface area contributed by atoms with Crippen molar-refractivity contribution in [3.05, 3.63) is 53.9 Å². The van der Waals surface area contributed by atoms with Crippen LogP contribution in [0, 0.1) is 17.7 Å². The first-order chi connectivity index (χ1) is 10.3. The van der Waals surface area contributed by atoms with Crippen LogP contribution in [0.3, 0.4) is 0 Å². The van der Waals surface area contributed by atoms with Crippen LogP contribution in [0.2, 0.25) is 0 Å². The molecular weight excluding hydrogens is 269 g/mol. The lowest BCUT2D eigenvalue weighted by molar-refractivity contribution is 0.337. The second-order valence-electron chi connectivity index (χ2n) is 4.28. The van der Waals surface area contributed by atoms with E-state index in [0.29, 0.717) is 18.0 Å². The summed E-state index contributed by atoms with van der Waals surface area (Å²) in [5.41, 5.74) is 1.68. The van der Waals surface area contributed by atoms with Crippen LogP contribution in [0.1, 0.15) is 18.1 Å². The number of aromatic nitrogens is 3. The molecule has 0 bridgehead atoms. The van der Waals surface area contributed by atoms with E-state index in [4.69, 9.17) is 4.74 Å². The molecule has 0 amide bonds. The number of rotatable bonds is 2. The van der Waals surface area contributed by atoms with Gasteiger partial charge in [-0.1, -0.05) is 17.9 Å². The Morgan fingerprint density at radius 1 is 1.33 bits per heavy atom. The van der Waals surface area contributed by atoms with Crippen molar-refractivity contribution in [3.63, 3.8) is 0 Å². The van der Waals surface area contributed by atoms with Gasteiger partial charge in [0.1, 0.15) is 29.1 Å². The first kappa shape index (κ1) is 13.1. The minimum atomic E-state index is -0.399. The number of halogens is 1. The van der Waals surface area contributed by atoms with Gasteiger partial charge in [0, 0.05) is 12.4 Å². The zero-order valence-corrected chi connectivity index (χ0v) is 11.4. The van der Waals surface area contributed by atoms with Gasteiger partial charge in [-0.2, -0.15) is 0 Å². The Morgan fingerprint density at radius 2 is 2.24 bits per heavy atom. The maximum atomic E-state index is 13.9. The summed E-state index contributed by atoms with van der Waals surface area (Å²) in [6, 6.07) is 4.67. The lowest BCUT2D eigenvalue weighted by Gasteiger charge is -2.05. The molecule has 4 nitrogen and oxygen atoms in total. The van der Waals surface area contributed by atoms with E-state index in [1.54, 1.807) is 24.5 Å². The molecule has 0 fully saturated rings. The molecule has 104 valence electrons. The molecule has 2 aromatic heterocycles. The van der Waals surface area contributed by atoms with Crippen LogP contribution in [-0.2, 0) is 0 Å². The van der Waals surface area contributed by atoms with Crippen molar-refractivity contribution in [1.82, 2.24) is 15.0 Å². The first-order valence-corrected chi connectivity index (χ1v) is 6.50. The van der Waals surface area contributed by atoms with Crippen LogP contribution < -0.4 is 4.74 Å². The summed E-state index contributed by atoms with van der Waals surface area (Å²) in [5, 5.41) is 0.805. The summed E-state index contributed by atoms with van der Waals surface area (Å²) in [4.78, 5) is 11.1. The van der Waals surface area contributed by atoms with Gasteiger partial charge in [0.25, 0.3) is 0 Å². The minimum absolute atomic E-state index is 0.255. The van der Waals surface area contributed by atoms with E-state index in [2.05, 4.69) is 26.8 Å². The SMILES string of the molecule is CCOc1cccc(F)c1C#Cc1c[nH]c2ncncc12. The van der Waals surface area contributed by atoms with Gasteiger partial charge in [0.2, 0.25) is 0 Å². The smallest absolute Gasteiger partial charge is 0.142 e. The van der Waals surface area contributed by atoms with Gasteiger partial charge in [-0.05, 0) is 19.1 Å². The summed E-state index contributed by atoms with van der Waals surface area (Å²) in [5.74, 6) is 5.82. The van der Waals surface area contributed by atoms with Gasteiger partial charge in [-0.15, -0.1) is 0 Å². The molecule has 0 aliphatic heterocycles. The third kappa shape index (κ3) is 2.56. The molecule has 0 atom stereocenters. The Kier molecular flexibility index (Phi) is 3.52. The predicted molar refractivity (Wildman–Crippen MR) is 77.4 cm³/mol. The fraction of sp³-hybridized carbons (Fsp3) is 0.125. The van der Waals surface area contributed by atoms with Crippen molar-refractivity contribution in [3.8, 4) is 17.6 Å². The Hall–Kier alpha value is -2.87. The van der Waals surface area contributed by atoms with Gasteiger partial charge in [0.05, 0.1) is 17.6 Å². The standard InChI is InChI=1S/C16H12FN3O/c1-2-21-15-5-3-4-14(17)12(15)7-6-11-8-19-16-13(11)9-18-10-20-16/h3-5,8-10H,2H2,1H3,(H,18,19,20). The normalized spacial score (nSPS) is 10.2. The summed E-state index contributed by atoms with van der Waals surface area (Å²) in [6.45, 7) is 2.30. The summed E-state index contributed by atoms with van der Waals surface area (Å²) >= 11 is 0. The van der Waals surface area contributed by atoms with Gasteiger partial charge in [-0.25, -0.2) is 14.4 Å². The third-order valence-electron chi connectivity index (χ3n) is 2.95. The molecule has 1 N–H and O–H groups in total. The Balaban J connectivity index is 2.05. The van der Waals surface area contributed by atoms with Crippen molar-refractivity contribution in [2.24, 2.45) is 0 Å². The van der Waals surface area contributed by atoms with Crippen LogP contribution >= 0.6 is 0 Å². The number of benzene rings is 1. The molecule has 0 spiro atoms. The number of nitrogens with one attached hydrogen (secondary N) is 1. The molecule has 5 heteroatoms. The number of nitrogens with zero attached hydrogens (tertiary/aromatic N) is 2. The third-order valence-corrected chi connectivity index (χ3v) is 2.95. The van der Waals surface area contributed by atoms with E-state index in [1.165, 1.54) is 12.4 Å². The molecule has 3 rings (SSSR count). The maximum absolute atomic E-state index is 13.9. The predicted octanol–water partition coefficient (Wildman–Crippen LogP) is 2.90. The Labute approximate surface area is 121 Å². The van der Waals surface area contributed by atoms with Crippen molar-refractivity contribution in [2.75, 3.05) is 6.61 Å². The van der Waals surface area contributed by atoms with Gasteiger partial charge in [-0.3, -0.25) is 0 Å². The molecule has 0 aliphatic rings. The van der Waals surface area contributed by atoms with Crippen molar-refractivity contribution < 1.29 is 9.13 Å². The number of aromatic amines is 1. The van der Waals surface area contributed by atoms with E-state index >= 15 is 0 Å². The quantitative estimate of drug-likeness (QED) is 0.735. The van der Waals surface area contributed by atoms with Crippen LogP contribution in [-0.4, -0.2) is 21.6 Å². The van der Waals surface area contributed by atoms with E-state index in [1.807, 2.05) is 6.92 Å². The molecule has 0 radical (unpaired) electrons. The van der Waals surface area contributed by atoms with E-state index in [-0.39, 0.29) is 5.56 Å². The van der Waals surface area contributed by atoms with Gasteiger partial charge >= 0.3 is 0 Å². The molecule has 1 aromatic carbocycles. The minimum Gasteiger partial charge on any atom is -0.492 e.